The molecule has 2 aromatic heterocycles. The molecule has 27 heavy (non-hydrogen) atoms. The van der Waals surface area contributed by atoms with Gasteiger partial charge in [-0.1, -0.05) is 12.8 Å². The van der Waals surface area contributed by atoms with Gasteiger partial charge in [-0.3, -0.25) is 14.4 Å². The molecule has 3 heterocycles. The average molecular weight is 372 g/mol. The van der Waals surface area contributed by atoms with Gasteiger partial charge in [-0.2, -0.15) is 5.10 Å². The lowest BCUT2D eigenvalue weighted by molar-refractivity contribution is 0.0727. The van der Waals surface area contributed by atoms with Crippen LogP contribution in [0.15, 0.2) is 6.07 Å². The third-order valence-electron chi connectivity index (χ3n) is 6.19. The van der Waals surface area contributed by atoms with Crippen LogP contribution in [0.25, 0.3) is 0 Å². The third kappa shape index (κ3) is 2.93. The summed E-state index contributed by atoms with van der Waals surface area (Å²) >= 11 is 0. The highest BCUT2D eigenvalue weighted by molar-refractivity contribution is 5.93. The summed E-state index contributed by atoms with van der Waals surface area (Å²) in [5.41, 5.74) is 1.11. The minimum Gasteiger partial charge on any atom is -0.335 e. The van der Waals surface area contributed by atoms with Crippen molar-refractivity contribution in [2.45, 2.75) is 50.6 Å². The van der Waals surface area contributed by atoms with E-state index in [-0.39, 0.29) is 11.4 Å². The molecule has 0 bridgehead atoms. The van der Waals surface area contributed by atoms with Crippen molar-refractivity contribution in [1.82, 2.24) is 39.8 Å². The number of aromatic nitrogens is 6. The van der Waals surface area contributed by atoms with Crippen LogP contribution in [0.5, 0.6) is 0 Å². The Labute approximate surface area is 159 Å². The smallest absolute Gasteiger partial charge is 0.272 e. The van der Waals surface area contributed by atoms with Crippen LogP contribution in [-0.2, 0) is 12.6 Å². The molecule has 1 aliphatic heterocycles. The van der Waals surface area contributed by atoms with Crippen LogP contribution >= 0.6 is 0 Å². The van der Waals surface area contributed by atoms with Crippen LogP contribution in [0, 0.1) is 6.92 Å². The molecule has 1 saturated heterocycles. The topological polar surface area (TPSA) is 85.0 Å². The van der Waals surface area contributed by atoms with E-state index in [1.165, 1.54) is 12.8 Å². The predicted octanol–water partition coefficient (Wildman–Crippen LogP) is 1.13. The second-order valence-electron chi connectivity index (χ2n) is 8.08. The molecule has 1 atom stereocenters. The summed E-state index contributed by atoms with van der Waals surface area (Å²) < 4.78 is 3.69. The second kappa shape index (κ2) is 6.70. The summed E-state index contributed by atoms with van der Waals surface area (Å²) in [6, 6.07) is 2.22. The number of aryl methyl sites for hydroxylation is 2. The molecule has 1 unspecified atom stereocenters. The van der Waals surface area contributed by atoms with Crippen molar-refractivity contribution in [2.75, 3.05) is 27.2 Å². The first-order valence-electron chi connectivity index (χ1n) is 9.68. The van der Waals surface area contributed by atoms with Crippen molar-refractivity contribution in [3.63, 3.8) is 0 Å². The molecule has 1 aliphatic carbocycles. The van der Waals surface area contributed by atoms with E-state index in [1.807, 2.05) is 29.6 Å². The van der Waals surface area contributed by atoms with Crippen LogP contribution in [-0.4, -0.2) is 72.9 Å². The summed E-state index contributed by atoms with van der Waals surface area (Å²) in [4.78, 5) is 17.2. The number of amides is 1. The van der Waals surface area contributed by atoms with E-state index in [9.17, 15) is 4.79 Å². The molecular weight excluding hydrogens is 344 g/mol. The number of likely N-dealkylation sites (N-methyl/N-ethyl adjacent to an activating group) is 1. The van der Waals surface area contributed by atoms with Gasteiger partial charge in [0.15, 0.2) is 5.82 Å². The summed E-state index contributed by atoms with van der Waals surface area (Å²) in [5.74, 6) is 0.901. The van der Waals surface area contributed by atoms with Gasteiger partial charge in [0, 0.05) is 20.1 Å². The van der Waals surface area contributed by atoms with Gasteiger partial charge in [-0.05, 0) is 56.8 Å². The number of carbonyl (C=O) groups is 1. The lowest BCUT2D eigenvalue weighted by atomic mass is 9.95. The molecule has 0 N–H and O–H groups in total. The Hall–Kier alpha value is -2.29. The molecule has 1 amide bonds. The van der Waals surface area contributed by atoms with Gasteiger partial charge in [-0.15, -0.1) is 5.10 Å². The van der Waals surface area contributed by atoms with Crippen LogP contribution in [0.1, 0.15) is 60.2 Å². The molecular formula is C18H28N8O. The van der Waals surface area contributed by atoms with Crippen molar-refractivity contribution in [2.24, 2.45) is 7.05 Å². The zero-order chi connectivity index (χ0) is 19.2. The standard InChI is InChI=1S/C18H28N8O/c1-13-11-15(24(4)20-13)16(27)25-10-9-18(12-25,23(2)3)17-19-21-22-26(17)14-7-5-6-8-14/h11,14H,5-10,12H2,1-4H3. The van der Waals surface area contributed by atoms with Gasteiger partial charge >= 0.3 is 0 Å². The van der Waals surface area contributed by atoms with Crippen LogP contribution in [0.2, 0.25) is 0 Å². The quantitative estimate of drug-likeness (QED) is 0.800. The molecule has 0 spiro atoms. The van der Waals surface area contributed by atoms with Gasteiger partial charge < -0.3 is 4.90 Å². The maximum absolute atomic E-state index is 13.1. The van der Waals surface area contributed by atoms with Gasteiger partial charge in [-0.25, -0.2) is 4.68 Å². The Morgan fingerprint density at radius 2 is 2.04 bits per heavy atom. The summed E-state index contributed by atoms with van der Waals surface area (Å²) in [6.45, 7) is 3.16. The molecule has 0 radical (unpaired) electrons. The van der Waals surface area contributed by atoms with Gasteiger partial charge in [0.05, 0.1) is 11.7 Å². The highest BCUT2D eigenvalue weighted by Gasteiger charge is 2.48. The molecule has 0 aromatic carbocycles. The fraction of sp³-hybridized carbons (Fsp3) is 0.722. The van der Waals surface area contributed by atoms with Crippen molar-refractivity contribution in [3.8, 4) is 0 Å². The van der Waals surface area contributed by atoms with E-state index in [2.05, 4.69) is 39.6 Å². The Kier molecular flexibility index (Phi) is 4.49. The molecule has 2 aliphatic rings. The third-order valence-corrected chi connectivity index (χ3v) is 6.19. The van der Waals surface area contributed by atoms with Crippen molar-refractivity contribution in [1.29, 1.82) is 0 Å². The van der Waals surface area contributed by atoms with Crippen molar-refractivity contribution < 1.29 is 4.79 Å². The second-order valence-corrected chi connectivity index (χ2v) is 8.08. The van der Waals surface area contributed by atoms with Gasteiger partial charge in [0.25, 0.3) is 5.91 Å². The van der Waals surface area contributed by atoms with Crippen LogP contribution < -0.4 is 0 Å². The van der Waals surface area contributed by atoms with E-state index < -0.39 is 0 Å². The normalized spacial score (nSPS) is 23.7. The van der Waals surface area contributed by atoms with E-state index in [0.717, 1.165) is 30.8 Å². The van der Waals surface area contributed by atoms with Gasteiger partial charge in [0.1, 0.15) is 11.2 Å². The van der Waals surface area contributed by atoms with E-state index in [4.69, 9.17) is 0 Å². The van der Waals surface area contributed by atoms with E-state index in [1.54, 1.807) is 4.68 Å². The van der Waals surface area contributed by atoms with E-state index >= 15 is 0 Å². The highest BCUT2D eigenvalue weighted by atomic mass is 16.2. The number of carbonyl (C=O) groups excluding carboxylic acids is 1. The minimum atomic E-state index is -0.366. The Balaban J connectivity index is 1.64. The Morgan fingerprint density at radius 1 is 1.30 bits per heavy atom. The fourth-order valence-electron chi connectivity index (χ4n) is 4.58. The van der Waals surface area contributed by atoms with Gasteiger partial charge in [0.2, 0.25) is 0 Å². The summed E-state index contributed by atoms with van der Waals surface area (Å²) in [5, 5.41) is 17.1. The van der Waals surface area contributed by atoms with Crippen molar-refractivity contribution in [3.05, 3.63) is 23.3 Å². The minimum absolute atomic E-state index is 0.0155. The molecule has 9 nitrogen and oxygen atoms in total. The average Bonchev–Trinajstić information content (AvgIpc) is 3.40. The number of likely N-dealkylation sites (tertiary alicyclic amines) is 1. The molecule has 9 heteroatoms. The summed E-state index contributed by atoms with van der Waals surface area (Å²) in [7, 11) is 5.92. The Bertz CT molecular complexity index is 834. The first kappa shape index (κ1) is 18.1. The maximum atomic E-state index is 13.1. The predicted molar refractivity (Wildman–Crippen MR) is 99.2 cm³/mol. The van der Waals surface area contributed by atoms with Crippen LogP contribution in [0.3, 0.4) is 0 Å². The number of tetrazole rings is 1. The number of nitrogens with zero attached hydrogens (tertiary/aromatic N) is 8. The lowest BCUT2D eigenvalue weighted by Gasteiger charge is -2.35. The first-order valence-corrected chi connectivity index (χ1v) is 9.68. The largest absolute Gasteiger partial charge is 0.335 e. The molecule has 1 saturated carbocycles. The lowest BCUT2D eigenvalue weighted by Crippen LogP contribution is -2.47. The number of hydrogen-bond acceptors (Lipinski definition) is 6. The van der Waals surface area contributed by atoms with E-state index in [0.29, 0.717) is 24.8 Å². The summed E-state index contributed by atoms with van der Waals surface area (Å²) in [6.07, 6.45) is 5.51. The first-order chi connectivity index (χ1) is 12.9. The molecule has 2 fully saturated rings. The SMILES string of the molecule is Cc1cc(C(=O)N2CCC(c3nnnn3C3CCCC3)(N(C)C)C2)n(C)n1. The number of hydrogen-bond donors (Lipinski definition) is 0. The monoisotopic (exact) mass is 372 g/mol. The maximum Gasteiger partial charge on any atom is 0.272 e. The fourth-order valence-corrected chi connectivity index (χ4v) is 4.58. The highest BCUT2D eigenvalue weighted by Crippen LogP contribution is 2.39. The zero-order valence-electron chi connectivity index (χ0n) is 16.6. The molecule has 146 valence electrons. The Morgan fingerprint density at radius 3 is 2.67 bits per heavy atom. The number of rotatable bonds is 4. The zero-order valence-corrected chi connectivity index (χ0v) is 16.6. The van der Waals surface area contributed by atoms with Crippen LogP contribution in [0.4, 0.5) is 0 Å². The van der Waals surface area contributed by atoms with Crippen molar-refractivity contribution >= 4 is 5.91 Å². The molecule has 4 rings (SSSR count). The molecule has 2 aromatic rings.